The van der Waals surface area contributed by atoms with Gasteiger partial charge in [-0.15, -0.1) is 11.3 Å². The summed E-state index contributed by atoms with van der Waals surface area (Å²) in [5.41, 5.74) is 1.08. The lowest BCUT2D eigenvalue weighted by molar-refractivity contribution is 0.207. The molecule has 2 aromatic rings. The van der Waals surface area contributed by atoms with E-state index < -0.39 is 21.2 Å². The normalized spacial score (nSPS) is 25.9. The molecule has 130 valence electrons. The summed E-state index contributed by atoms with van der Waals surface area (Å²) in [6.07, 6.45) is 3.27. The first kappa shape index (κ1) is 16.6. The Hall–Kier alpha value is -0.900. The van der Waals surface area contributed by atoms with Crippen LogP contribution in [0.3, 0.4) is 0 Å². The lowest BCUT2D eigenvalue weighted by Crippen LogP contribution is -2.25. The number of thioether (sulfide) groups is 1. The van der Waals surface area contributed by atoms with Crippen molar-refractivity contribution in [3.63, 3.8) is 0 Å². The van der Waals surface area contributed by atoms with Crippen molar-refractivity contribution in [2.45, 2.75) is 42.2 Å². The molecule has 0 aromatic carbocycles. The van der Waals surface area contributed by atoms with Gasteiger partial charge in [0.15, 0.2) is 15.0 Å². The van der Waals surface area contributed by atoms with Crippen molar-refractivity contribution in [1.82, 2.24) is 9.55 Å². The largest absolute Gasteiger partial charge is 0.391 e. The maximum atomic E-state index is 12.8. The summed E-state index contributed by atoms with van der Waals surface area (Å²) in [4.78, 5) is 19.4. The first-order valence-electron chi connectivity index (χ1n) is 7.92. The highest BCUT2D eigenvalue weighted by Crippen LogP contribution is 2.36. The second-order valence-electron chi connectivity index (χ2n) is 6.45. The third-order valence-electron chi connectivity index (χ3n) is 4.68. The van der Waals surface area contributed by atoms with Crippen LogP contribution in [0.5, 0.6) is 0 Å². The van der Waals surface area contributed by atoms with E-state index in [4.69, 9.17) is 0 Å². The molecule has 0 unspecified atom stereocenters. The number of thiophene rings is 1. The number of rotatable bonds is 2. The Labute approximate surface area is 147 Å². The molecule has 6 nitrogen and oxygen atoms in total. The molecule has 3 heterocycles. The van der Waals surface area contributed by atoms with Gasteiger partial charge >= 0.3 is 0 Å². The van der Waals surface area contributed by atoms with Crippen LogP contribution in [0.15, 0.2) is 9.95 Å². The third kappa shape index (κ3) is 2.71. The first-order valence-corrected chi connectivity index (χ1v) is 11.4. The Morgan fingerprint density at radius 2 is 2.04 bits per heavy atom. The maximum Gasteiger partial charge on any atom is 0.262 e. The molecule has 0 bridgehead atoms. The van der Waals surface area contributed by atoms with E-state index in [0.29, 0.717) is 5.16 Å². The zero-order valence-electron chi connectivity index (χ0n) is 13.2. The smallest absolute Gasteiger partial charge is 0.262 e. The standard InChI is InChI=1S/C15H18N2O4S3/c1-17-14(19)12-8-4-2-3-5-10(8)22-13(12)16-15(17)23-11-7-24(20,21)6-9(11)18/h9,11,18H,2-7H2,1H3/t9-,11-/m1/s1. The van der Waals surface area contributed by atoms with Crippen LogP contribution in [-0.2, 0) is 29.7 Å². The van der Waals surface area contributed by atoms with Crippen molar-refractivity contribution < 1.29 is 13.5 Å². The number of aryl methyl sites for hydroxylation is 2. The van der Waals surface area contributed by atoms with Gasteiger partial charge in [0.05, 0.1) is 28.2 Å². The monoisotopic (exact) mass is 386 g/mol. The molecule has 0 amide bonds. The van der Waals surface area contributed by atoms with Crippen LogP contribution in [0.4, 0.5) is 0 Å². The number of fused-ring (bicyclic) bond motifs is 3. The van der Waals surface area contributed by atoms with Crippen molar-refractivity contribution >= 4 is 43.2 Å². The number of aliphatic hydroxyl groups excluding tert-OH is 1. The zero-order valence-corrected chi connectivity index (χ0v) is 15.6. The molecule has 2 aromatic heterocycles. The van der Waals surface area contributed by atoms with Crippen molar-refractivity contribution in [2.75, 3.05) is 11.5 Å². The van der Waals surface area contributed by atoms with E-state index in [1.165, 1.54) is 21.2 Å². The summed E-state index contributed by atoms with van der Waals surface area (Å²) in [7, 11) is -1.55. The topological polar surface area (TPSA) is 89.3 Å². The average Bonchev–Trinajstić information content (AvgIpc) is 3.00. The summed E-state index contributed by atoms with van der Waals surface area (Å²) >= 11 is 2.77. The highest BCUT2D eigenvalue weighted by Gasteiger charge is 2.38. The summed E-state index contributed by atoms with van der Waals surface area (Å²) in [6, 6.07) is 0. The summed E-state index contributed by atoms with van der Waals surface area (Å²) < 4.78 is 24.8. The van der Waals surface area contributed by atoms with Crippen LogP contribution in [0.25, 0.3) is 10.2 Å². The summed E-state index contributed by atoms with van der Waals surface area (Å²) in [5.74, 6) is -0.290. The van der Waals surface area contributed by atoms with Crippen LogP contribution in [0.2, 0.25) is 0 Å². The fourth-order valence-corrected chi connectivity index (χ4v) is 8.26. The van der Waals surface area contributed by atoms with Gasteiger partial charge in [-0.05, 0) is 31.2 Å². The Morgan fingerprint density at radius 1 is 1.29 bits per heavy atom. The van der Waals surface area contributed by atoms with E-state index in [-0.39, 0.29) is 17.1 Å². The molecular weight excluding hydrogens is 368 g/mol. The highest BCUT2D eigenvalue weighted by molar-refractivity contribution is 8.01. The molecule has 0 spiro atoms. The number of hydrogen-bond donors (Lipinski definition) is 1. The number of sulfone groups is 1. The number of aromatic nitrogens is 2. The molecule has 2 aliphatic rings. The lowest BCUT2D eigenvalue weighted by Gasteiger charge is -2.14. The van der Waals surface area contributed by atoms with Crippen LogP contribution >= 0.6 is 23.1 Å². The molecule has 9 heteroatoms. The molecule has 4 rings (SSSR count). The molecule has 1 N–H and O–H groups in total. The van der Waals surface area contributed by atoms with Gasteiger partial charge in [-0.1, -0.05) is 11.8 Å². The Kier molecular flexibility index (Phi) is 4.02. The van der Waals surface area contributed by atoms with Gasteiger partial charge in [0.25, 0.3) is 5.56 Å². The second-order valence-corrected chi connectivity index (χ2v) is 10.9. The molecule has 24 heavy (non-hydrogen) atoms. The fraction of sp³-hybridized carbons (Fsp3) is 0.600. The lowest BCUT2D eigenvalue weighted by atomic mass is 9.97. The fourth-order valence-electron chi connectivity index (χ4n) is 3.42. The van der Waals surface area contributed by atoms with Gasteiger partial charge in [0, 0.05) is 11.9 Å². The third-order valence-corrected chi connectivity index (χ3v) is 9.16. The zero-order chi connectivity index (χ0) is 17.1. The molecule has 1 saturated heterocycles. The molecule has 0 radical (unpaired) electrons. The van der Waals surface area contributed by atoms with E-state index in [9.17, 15) is 18.3 Å². The van der Waals surface area contributed by atoms with Gasteiger partial charge in [0.1, 0.15) is 4.83 Å². The van der Waals surface area contributed by atoms with Gasteiger partial charge in [0.2, 0.25) is 0 Å². The number of hydrogen-bond acceptors (Lipinski definition) is 7. The summed E-state index contributed by atoms with van der Waals surface area (Å²) in [5, 5.41) is 10.7. The molecule has 1 aliphatic carbocycles. The summed E-state index contributed by atoms with van der Waals surface area (Å²) in [6.45, 7) is 0. The Morgan fingerprint density at radius 3 is 2.75 bits per heavy atom. The molecule has 0 saturated carbocycles. The molecular formula is C15H18N2O4S3. The average molecular weight is 387 g/mol. The quantitative estimate of drug-likeness (QED) is 0.778. The predicted octanol–water partition coefficient (Wildman–Crippen LogP) is 1.12. The minimum Gasteiger partial charge on any atom is -0.391 e. The van der Waals surface area contributed by atoms with Crippen molar-refractivity contribution in [3.8, 4) is 0 Å². The molecule has 1 aliphatic heterocycles. The maximum absolute atomic E-state index is 12.8. The van der Waals surface area contributed by atoms with E-state index >= 15 is 0 Å². The Balaban J connectivity index is 1.77. The van der Waals surface area contributed by atoms with Crippen molar-refractivity contribution in [1.29, 1.82) is 0 Å². The minimum absolute atomic E-state index is 0.0720. The van der Waals surface area contributed by atoms with Crippen LogP contribution < -0.4 is 5.56 Å². The van der Waals surface area contributed by atoms with E-state index in [1.807, 2.05) is 0 Å². The molecule has 2 atom stereocenters. The number of nitrogens with zero attached hydrogens (tertiary/aromatic N) is 2. The first-order chi connectivity index (χ1) is 11.4. The highest BCUT2D eigenvalue weighted by atomic mass is 32.2. The van der Waals surface area contributed by atoms with Crippen LogP contribution in [-0.4, -0.2) is 45.9 Å². The van der Waals surface area contributed by atoms with E-state index in [2.05, 4.69) is 4.98 Å². The minimum atomic E-state index is -3.22. The SMILES string of the molecule is Cn1c(S[C@@H]2CS(=O)(=O)C[C@H]2O)nc2sc3c(c2c1=O)CCCC3. The van der Waals surface area contributed by atoms with Crippen molar-refractivity contribution in [2.24, 2.45) is 7.05 Å². The van der Waals surface area contributed by atoms with Gasteiger partial charge in [-0.2, -0.15) is 0 Å². The van der Waals surface area contributed by atoms with E-state index in [0.717, 1.165) is 41.5 Å². The van der Waals surface area contributed by atoms with Gasteiger partial charge < -0.3 is 5.11 Å². The van der Waals surface area contributed by atoms with Crippen LogP contribution in [0.1, 0.15) is 23.3 Å². The van der Waals surface area contributed by atoms with Gasteiger partial charge in [-0.25, -0.2) is 13.4 Å². The predicted molar refractivity (Wildman–Crippen MR) is 95.8 cm³/mol. The second kappa shape index (κ2) is 5.82. The Bertz CT molecular complexity index is 977. The van der Waals surface area contributed by atoms with Crippen molar-refractivity contribution in [3.05, 3.63) is 20.8 Å². The van der Waals surface area contributed by atoms with Crippen LogP contribution in [0, 0.1) is 0 Å². The van der Waals surface area contributed by atoms with E-state index in [1.54, 1.807) is 18.4 Å². The van der Waals surface area contributed by atoms with Gasteiger partial charge in [-0.3, -0.25) is 9.36 Å². The molecule has 1 fully saturated rings. The number of aliphatic hydroxyl groups is 1.